The number of hydrogen-bond acceptors (Lipinski definition) is 2. The summed E-state index contributed by atoms with van der Waals surface area (Å²) in [7, 11) is 0. The van der Waals surface area contributed by atoms with Crippen molar-refractivity contribution >= 4 is 5.78 Å². The van der Waals surface area contributed by atoms with Crippen LogP contribution in [-0.4, -0.2) is 29.3 Å². The summed E-state index contributed by atoms with van der Waals surface area (Å²) in [6.45, 7) is 6.40. The van der Waals surface area contributed by atoms with Crippen molar-refractivity contribution in [2.24, 2.45) is 5.92 Å². The second kappa shape index (κ2) is 3.09. The summed E-state index contributed by atoms with van der Waals surface area (Å²) < 4.78 is 0. The van der Waals surface area contributed by atoms with E-state index in [-0.39, 0.29) is 5.54 Å². The van der Waals surface area contributed by atoms with Crippen molar-refractivity contribution in [1.29, 1.82) is 0 Å². The van der Waals surface area contributed by atoms with E-state index < -0.39 is 0 Å². The molecule has 2 aliphatic heterocycles. The molecule has 1 atom stereocenters. The van der Waals surface area contributed by atoms with Gasteiger partial charge in [0.05, 0.1) is 6.54 Å². The van der Waals surface area contributed by atoms with Crippen molar-refractivity contribution in [3.05, 3.63) is 0 Å². The summed E-state index contributed by atoms with van der Waals surface area (Å²) in [5.74, 6) is 1.17. The number of hydrogen-bond donors (Lipinski definition) is 0. The summed E-state index contributed by atoms with van der Waals surface area (Å²) in [6, 6.07) is 0. The van der Waals surface area contributed by atoms with Crippen molar-refractivity contribution in [3.63, 3.8) is 0 Å². The zero-order chi connectivity index (χ0) is 9.47. The molecular formula is C11H19NO. The SMILES string of the molecule is CC(C)CC12CCCN1CC(=O)C2. The Morgan fingerprint density at radius 1 is 1.54 bits per heavy atom. The third-order valence-electron chi connectivity index (χ3n) is 3.42. The largest absolute Gasteiger partial charge is 0.298 e. The normalized spacial score (nSPS) is 34.5. The van der Waals surface area contributed by atoms with Crippen molar-refractivity contribution in [1.82, 2.24) is 4.90 Å². The molecule has 0 saturated carbocycles. The van der Waals surface area contributed by atoms with Crippen molar-refractivity contribution in [3.8, 4) is 0 Å². The number of carbonyl (C=O) groups is 1. The first-order valence-electron chi connectivity index (χ1n) is 5.39. The Labute approximate surface area is 80.3 Å². The molecule has 2 heteroatoms. The number of fused-ring (bicyclic) bond motifs is 1. The van der Waals surface area contributed by atoms with Crippen LogP contribution in [0, 0.1) is 5.92 Å². The van der Waals surface area contributed by atoms with Gasteiger partial charge in [-0.15, -0.1) is 0 Å². The molecule has 0 N–H and O–H groups in total. The second-order valence-corrected chi connectivity index (χ2v) is 5.06. The van der Waals surface area contributed by atoms with Gasteiger partial charge < -0.3 is 0 Å². The lowest BCUT2D eigenvalue weighted by atomic mass is 9.85. The molecule has 0 aliphatic carbocycles. The Balaban J connectivity index is 2.13. The Hall–Kier alpha value is -0.370. The number of carbonyl (C=O) groups excluding carboxylic acids is 1. The van der Waals surface area contributed by atoms with E-state index in [1.807, 2.05) is 0 Å². The average Bonchev–Trinajstić information content (AvgIpc) is 2.40. The van der Waals surface area contributed by atoms with E-state index in [0.29, 0.717) is 11.7 Å². The van der Waals surface area contributed by atoms with Crippen LogP contribution in [0.5, 0.6) is 0 Å². The number of ketones is 1. The predicted molar refractivity (Wildman–Crippen MR) is 52.6 cm³/mol. The number of Topliss-reactive ketones (excluding diaryl/α,β-unsaturated/α-hetero) is 1. The van der Waals surface area contributed by atoms with Crippen molar-refractivity contribution in [2.75, 3.05) is 13.1 Å². The quantitative estimate of drug-likeness (QED) is 0.648. The zero-order valence-corrected chi connectivity index (χ0v) is 8.68. The molecule has 0 aromatic rings. The molecule has 2 heterocycles. The highest BCUT2D eigenvalue weighted by molar-refractivity contribution is 5.84. The fourth-order valence-corrected chi connectivity index (χ4v) is 3.14. The highest BCUT2D eigenvalue weighted by atomic mass is 16.1. The lowest BCUT2D eigenvalue weighted by Crippen LogP contribution is -2.39. The Bertz CT molecular complexity index is 224. The summed E-state index contributed by atoms with van der Waals surface area (Å²) in [5.41, 5.74) is 0.283. The fraction of sp³-hybridized carbons (Fsp3) is 0.909. The lowest BCUT2D eigenvalue weighted by Gasteiger charge is -2.32. The molecule has 2 aliphatic rings. The molecule has 0 spiro atoms. The molecule has 0 aromatic heterocycles. The molecule has 0 aromatic carbocycles. The highest BCUT2D eigenvalue weighted by Gasteiger charge is 2.47. The maximum absolute atomic E-state index is 11.4. The third kappa shape index (κ3) is 1.52. The van der Waals surface area contributed by atoms with E-state index in [9.17, 15) is 4.79 Å². The Morgan fingerprint density at radius 3 is 3.00 bits per heavy atom. The Kier molecular flexibility index (Phi) is 2.18. The minimum atomic E-state index is 0.283. The van der Waals surface area contributed by atoms with Crippen LogP contribution in [-0.2, 0) is 4.79 Å². The van der Waals surface area contributed by atoms with Gasteiger partial charge in [-0.05, 0) is 31.7 Å². The van der Waals surface area contributed by atoms with Gasteiger partial charge in [-0.3, -0.25) is 9.69 Å². The van der Waals surface area contributed by atoms with Gasteiger partial charge >= 0.3 is 0 Å². The molecule has 0 bridgehead atoms. The van der Waals surface area contributed by atoms with Gasteiger partial charge in [0, 0.05) is 12.0 Å². The summed E-state index contributed by atoms with van der Waals surface area (Å²) in [5, 5.41) is 0. The fourth-order valence-electron chi connectivity index (χ4n) is 3.14. The van der Waals surface area contributed by atoms with Gasteiger partial charge in [0.2, 0.25) is 0 Å². The van der Waals surface area contributed by atoms with E-state index in [4.69, 9.17) is 0 Å². The monoisotopic (exact) mass is 181 g/mol. The van der Waals surface area contributed by atoms with Gasteiger partial charge in [-0.25, -0.2) is 0 Å². The maximum atomic E-state index is 11.4. The summed E-state index contributed by atoms with van der Waals surface area (Å²) >= 11 is 0. The van der Waals surface area contributed by atoms with Gasteiger partial charge in [0.1, 0.15) is 5.78 Å². The number of nitrogens with zero attached hydrogens (tertiary/aromatic N) is 1. The van der Waals surface area contributed by atoms with Crippen LogP contribution in [0.25, 0.3) is 0 Å². The smallest absolute Gasteiger partial charge is 0.148 e. The van der Waals surface area contributed by atoms with Gasteiger partial charge in [0.15, 0.2) is 0 Å². The second-order valence-electron chi connectivity index (χ2n) is 5.06. The molecule has 2 rings (SSSR count). The summed E-state index contributed by atoms with van der Waals surface area (Å²) in [6.07, 6.45) is 4.57. The molecular weight excluding hydrogens is 162 g/mol. The first kappa shape index (κ1) is 9.20. The average molecular weight is 181 g/mol. The standard InChI is InChI=1S/C11H19NO/c1-9(2)6-11-4-3-5-12(11)8-10(13)7-11/h9H,3-8H2,1-2H3. The molecule has 74 valence electrons. The van der Waals surface area contributed by atoms with Crippen LogP contribution in [0.3, 0.4) is 0 Å². The van der Waals surface area contributed by atoms with Crippen LogP contribution in [0.15, 0.2) is 0 Å². The van der Waals surface area contributed by atoms with Gasteiger partial charge in [-0.2, -0.15) is 0 Å². The lowest BCUT2D eigenvalue weighted by molar-refractivity contribution is -0.117. The van der Waals surface area contributed by atoms with Crippen molar-refractivity contribution < 1.29 is 4.79 Å². The molecule has 2 fully saturated rings. The first-order valence-corrected chi connectivity index (χ1v) is 5.39. The van der Waals surface area contributed by atoms with E-state index in [2.05, 4.69) is 18.7 Å². The van der Waals surface area contributed by atoms with E-state index in [1.165, 1.54) is 19.3 Å². The van der Waals surface area contributed by atoms with Gasteiger partial charge in [-0.1, -0.05) is 13.8 Å². The van der Waals surface area contributed by atoms with Gasteiger partial charge in [0.25, 0.3) is 0 Å². The van der Waals surface area contributed by atoms with E-state index in [0.717, 1.165) is 19.5 Å². The van der Waals surface area contributed by atoms with Crippen LogP contribution in [0.2, 0.25) is 0 Å². The first-order chi connectivity index (χ1) is 6.12. The van der Waals surface area contributed by atoms with Crippen LogP contribution < -0.4 is 0 Å². The summed E-state index contributed by atoms with van der Waals surface area (Å²) in [4.78, 5) is 13.8. The number of rotatable bonds is 2. The molecule has 2 nitrogen and oxygen atoms in total. The van der Waals surface area contributed by atoms with Crippen molar-refractivity contribution in [2.45, 2.75) is 45.1 Å². The van der Waals surface area contributed by atoms with E-state index >= 15 is 0 Å². The van der Waals surface area contributed by atoms with E-state index in [1.54, 1.807) is 0 Å². The predicted octanol–water partition coefficient (Wildman–Crippen LogP) is 1.84. The molecule has 0 radical (unpaired) electrons. The van der Waals surface area contributed by atoms with Crippen LogP contribution in [0.1, 0.15) is 39.5 Å². The minimum absolute atomic E-state index is 0.283. The zero-order valence-electron chi connectivity index (χ0n) is 8.68. The molecule has 0 amide bonds. The topological polar surface area (TPSA) is 20.3 Å². The maximum Gasteiger partial charge on any atom is 0.148 e. The minimum Gasteiger partial charge on any atom is -0.298 e. The molecule has 2 saturated heterocycles. The molecule has 1 unspecified atom stereocenters. The Morgan fingerprint density at radius 2 is 2.31 bits per heavy atom. The molecule has 13 heavy (non-hydrogen) atoms. The third-order valence-corrected chi connectivity index (χ3v) is 3.42. The van der Waals surface area contributed by atoms with Crippen LogP contribution >= 0.6 is 0 Å². The highest BCUT2D eigenvalue weighted by Crippen LogP contribution is 2.41. The van der Waals surface area contributed by atoms with Crippen LogP contribution in [0.4, 0.5) is 0 Å².